The summed E-state index contributed by atoms with van der Waals surface area (Å²) in [5.74, 6) is 0. The molecule has 3 N–H and O–H groups in total. The minimum atomic E-state index is -1.34. The predicted octanol–water partition coefficient (Wildman–Crippen LogP) is -1.91. The lowest BCUT2D eigenvalue weighted by molar-refractivity contribution is -0.196. The first-order chi connectivity index (χ1) is 6.61. The van der Waals surface area contributed by atoms with Gasteiger partial charge in [-0.2, -0.15) is 0 Å². The fourth-order valence-corrected chi connectivity index (χ4v) is 1.38. The van der Waals surface area contributed by atoms with E-state index < -0.39 is 30.7 Å². The van der Waals surface area contributed by atoms with Crippen LogP contribution in [-0.4, -0.2) is 66.9 Å². The Hall–Kier alpha value is -0.240. The average molecular weight is 208 g/mol. The Bertz CT molecular complexity index is 157. The van der Waals surface area contributed by atoms with Gasteiger partial charge < -0.3 is 29.5 Å². The van der Waals surface area contributed by atoms with E-state index in [2.05, 4.69) is 0 Å². The number of hydrogen-bond acceptors (Lipinski definition) is 6. The number of methoxy groups -OCH3 is 2. The van der Waals surface area contributed by atoms with Gasteiger partial charge in [0.05, 0.1) is 6.61 Å². The van der Waals surface area contributed by atoms with Gasteiger partial charge in [-0.05, 0) is 0 Å². The SMILES string of the molecule is CO[C@H]1OC[C@@H](OC)[C@@H](O)[C@H](O)[C@@H]1O. The van der Waals surface area contributed by atoms with Crippen molar-refractivity contribution < 1.29 is 29.5 Å². The van der Waals surface area contributed by atoms with E-state index in [1.807, 2.05) is 0 Å². The topological polar surface area (TPSA) is 88.4 Å². The molecule has 1 saturated heterocycles. The van der Waals surface area contributed by atoms with Gasteiger partial charge in [-0.25, -0.2) is 0 Å². The average Bonchev–Trinajstić information content (AvgIpc) is 2.30. The number of rotatable bonds is 2. The van der Waals surface area contributed by atoms with Gasteiger partial charge in [0.15, 0.2) is 6.29 Å². The highest BCUT2D eigenvalue weighted by Crippen LogP contribution is 2.18. The van der Waals surface area contributed by atoms with Crippen LogP contribution in [-0.2, 0) is 14.2 Å². The van der Waals surface area contributed by atoms with Gasteiger partial charge in [0.2, 0.25) is 0 Å². The van der Waals surface area contributed by atoms with E-state index in [4.69, 9.17) is 14.2 Å². The van der Waals surface area contributed by atoms with E-state index >= 15 is 0 Å². The maximum Gasteiger partial charge on any atom is 0.185 e. The molecule has 0 unspecified atom stereocenters. The summed E-state index contributed by atoms with van der Waals surface area (Å²) in [5, 5.41) is 28.5. The number of aliphatic hydroxyl groups excluding tert-OH is 3. The fraction of sp³-hybridized carbons (Fsp3) is 1.00. The van der Waals surface area contributed by atoms with Crippen molar-refractivity contribution in [2.45, 2.75) is 30.7 Å². The van der Waals surface area contributed by atoms with Crippen molar-refractivity contribution in [3.05, 3.63) is 0 Å². The Morgan fingerprint density at radius 1 is 1.00 bits per heavy atom. The van der Waals surface area contributed by atoms with E-state index in [9.17, 15) is 15.3 Å². The fourth-order valence-electron chi connectivity index (χ4n) is 1.38. The first-order valence-corrected chi connectivity index (χ1v) is 4.33. The number of ether oxygens (including phenoxy) is 3. The van der Waals surface area contributed by atoms with Crippen LogP contribution in [0.15, 0.2) is 0 Å². The Kier molecular flexibility index (Phi) is 4.24. The van der Waals surface area contributed by atoms with Crippen LogP contribution < -0.4 is 0 Å². The van der Waals surface area contributed by atoms with E-state index in [1.165, 1.54) is 14.2 Å². The molecule has 1 rings (SSSR count). The third kappa shape index (κ3) is 2.22. The van der Waals surface area contributed by atoms with E-state index in [-0.39, 0.29) is 6.61 Å². The standard InChI is InChI=1S/C8H16O6/c1-12-4-3-14-8(13-2)7(11)6(10)5(4)9/h4-11H,3H2,1-2H3/t4-,5-,6+,7+,8+/m1/s1. The normalized spacial score (nSPS) is 44.8. The summed E-state index contributed by atoms with van der Waals surface area (Å²) in [6.45, 7) is 0.0598. The van der Waals surface area contributed by atoms with Gasteiger partial charge in [-0.1, -0.05) is 0 Å². The molecule has 0 spiro atoms. The Balaban J connectivity index is 2.71. The van der Waals surface area contributed by atoms with Crippen LogP contribution in [0, 0.1) is 0 Å². The molecular weight excluding hydrogens is 192 g/mol. The summed E-state index contributed by atoms with van der Waals surface area (Å²) in [6.07, 6.45) is -5.42. The Morgan fingerprint density at radius 3 is 2.14 bits per heavy atom. The van der Waals surface area contributed by atoms with Gasteiger partial charge in [0, 0.05) is 14.2 Å². The lowest BCUT2D eigenvalue weighted by atomic mass is 10.0. The van der Waals surface area contributed by atoms with Crippen molar-refractivity contribution >= 4 is 0 Å². The molecule has 1 heterocycles. The van der Waals surface area contributed by atoms with Crippen molar-refractivity contribution in [2.75, 3.05) is 20.8 Å². The Labute approximate surface area is 82.0 Å². The number of aliphatic hydroxyl groups is 3. The van der Waals surface area contributed by atoms with Crippen molar-refractivity contribution in [3.8, 4) is 0 Å². The van der Waals surface area contributed by atoms with E-state index in [1.54, 1.807) is 0 Å². The molecular formula is C8H16O6. The van der Waals surface area contributed by atoms with Gasteiger partial charge in [-0.15, -0.1) is 0 Å². The predicted molar refractivity (Wildman–Crippen MR) is 45.6 cm³/mol. The van der Waals surface area contributed by atoms with E-state index in [0.29, 0.717) is 0 Å². The van der Waals surface area contributed by atoms with Crippen LogP contribution in [0.1, 0.15) is 0 Å². The summed E-state index contributed by atoms with van der Waals surface area (Å²) in [7, 11) is 2.74. The molecule has 14 heavy (non-hydrogen) atoms. The second-order valence-electron chi connectivity index (χ2n) is 3.18. The molecule has 1 aliphatic heterocycles. The van der Waals surface area contributed by atoms with Gasteiger partial charge in [-0.3, -0.25) is 0 Å². The highest BCUT2D eigenvalue weighted by molar-refractivity contribution is 4.86. The third-order valence-corrected chi connectivity index (χ3v) is 2.32. The molecule has 0 aromatic heterocycles. The maximum absolute atomic E-state index is 9.53. The molecule has 0 radical (unpaired) electrons. The lowest BCUT2D eigenvalue weighted by Crippen LogP contribution is -2.46. The molecule has 0 amide bonds. The summed E-state index contributed by atoms with van der Waals surface area (Å²) < 4.78 is 14.8. The molecule has 0 aromatic rings. The maximum atomic E-state index is 9.53. The Morgan fingerprint density at radius 2 is 1.64 bits per heavy atom. The zero-order valence-electron chi connectivity index (χ0n) is 8.16. The molecule has 5 atom stereocenters. The monoisotopic (exact) mass is 208 g/mol. The highest BCUT2D eigenvalue weighted by atomic mass is 16.7. The largest absolute Gasteiger partial charge is 0.388 e. The van der Waals surface area contributed by atoms with Gasteiger partial charge >= 0.3 is 0 Å². The van der Waals surface area contributed by atoms with Crippen LogP contribution in [0.25, 0.3) is 0 Å². The smallest absolute Gasteiger partial charge is 0.185 e. The summed E-state index contributed by atoms with van der Waals surface area (Å²) in [5.41, 5.74) is 0. The van der Waals surface area contributed by atoms with Crippen LogP contribution in [0.5, 0.6) is 0 Å². The molecule has 84 valence electrons. The van der Waals surface area contributed by atoms with Crippen LogP contribution >= 0.6 is 0 Å². The molecule has 0 aliphatic carbocycles. The van der Waals surface area contributed by atoms with Crippen LogP contribution in [0.2, 0.25) is 0 Å². The minimum absolute atomic E-state index is 0.0598. The quantitative estimate of drug-likeness (QED) is 0.490. The molecule has 1 aliphatic rings. The summed E-state index contributed by atoms with van der Waals surface area (Å²) in [6, 6.07) is 0. The zero-order chi connectivity index (χ0) is 10.7. The summed E-state index contributed by atoms with van der Waals surface area (Å²) in [4.78, 5) is 0. The summed E-state index contributed by atoms with van der Waals surface area (Å²) >= 11 is 0. The van der Waals surface area contributed by atoms with Crippen LogP contribution in [0.4, 0.5) is 0 Å². The first kappa shape index (κ1) is 11.8. The van der Waals surface area contributed by atoms with Crippen LogP contribution in [0.3, 0.4) is 0 Å². The number of hydrogen-bond donors (Lipinski definition) is 3. The van der Waals surface area contributed by atoms with E-state index in [0.717, 1.165) is 0 Å². The zero-order valence-corrected chi connectivity index (χ0v) is 8.16. The van der Waals surface area contributed by atoms with Gasteiger partial charge in [0.25, 0.3) is 0 Å². The van der Waals surface area contributed by atoms with Crippen molar-refractivity contribution in [3.63, 3.8) is 0 Å². The van der Waals surface area contributed by atoms with Crippen molar-refractivity contribution in [1.82, 2.24) is 0 Å². The molecule has 0 aromatic carbocycles. The second kappa shape index (κ2) is 5.01. The first-order valence-electron chi connectivity index (χ1n) is 4.33. The molecule has 1 fully saturated rings. The molecule has 0 saturated carbocycles. The van der Waals surface area contributed by atoms with Gasteiger partial charge in [0.1, 0.15) is 24.4 Å². The molecule has 6 heteroatoms. The lowest BCUT2D eigenvalue weighted by Gasteiger charge is -2.24. The third-order valence-electron chi connectivity index (χ3n) is 2.32. The van der Waals surface area contributed by atoms with Crippen molar-refractivity contribution in [1.29, 1.82) is 0 Å². The van der Waals surface area contributed by atoms with Crippen molar-refractivity contribution in [2.24, 2.45) is 0 Å². The molecule has 0 bridgehead atoms. The highest BCUT2D eigenvalue weighted by Gasteiger charge is 2.40. The second-order valence-corrected chi connectivity index (χ2v) is 3.18. The minimum Gasteiger partial charge on any atom is -0.388 e. The molecule has 6 nitrogen and oxygen atoms in total.